The summed E-state index contributed by atoms with van der Waals surface area (Å²) in [6.07, 6.45) is 0. The minimum Gasteiger partial charge on any atom is -0.493 e. The molecular formula is C26H23NO7S. The van der Waals surface area contributed by atoms with Crippen molar-refractivity contribution < 1.29 is 33.2 Å². The fourth-order valence-electron chi connectivity index (χ4n) is 4.99. The molecule has 6 rings (SSSR count). The number of rotatable bonds is 6. The first-order chi connectivity index (χ1) is 17.1. The van der Waals surface area contributed by atoms with Gasteiger partial charge in [0.2, 0.25) is 12.5 Å². The number of nitrogens with zero attached hydrogens (tertiary/aromatic N) is 1. The van der Waals surface area contributed by atoms with Gasteiger partial charge < -0.3 is 33.3 Å². The average molecular weight is 494 g/mol. The van der Waals surface area contributed by atoms with Crippen LogP contribution in [0.25, 0.3) is 0 Å². The van der Waals surface area contributed by atoms with Crippen molar-refractivity contribution in [3.63, 3.8) is 0 Å². The minimum absolute atomic E-state index is 0.160. The van der Waals surface area contributed by atoms with E-state index in [2.05, 4.69) is 16.3 Å². The van der Waals surface area contributed by atoms with Crippen molar-refractivity contribution in [1.29, 1.82) is 0 Å². The molecule has 0 saturated heterocycles. The molecule has 1 unspecified atom stereocenters. The highest BCUT2D eigenvalue weighted by atomic mass is 32.1. The van der Waals surface area contributed by atoms with Crippen molar-refractivity contribution in [3.8, 4) is 28.7 Å². The maximum atomic E-state index is 13.2. The zero-order valence-corrected chi connectivity index (χ0v) is 20.3. The number of cyclic esters (lactones) is 1. The SMILES string of the molecule is COc1cc(C2C3=C(COC3=O)N(Cc3ccsc3)c3cc4c(cc32)OCO4)cc(OC)c1OC. The highest BCUT2D eigenvalue weighted by molar-refractivity contribution is 7.07. The number of hydrogen-bond acceptors (Lipinski definition) is 9. The molecule has 0 saturated carbocycles. The first-order valence-corrected chi connectivity index (χ1v) is 12.0. The minimum atomic E-state index is -0.420. The van der Waals surface area contributed by atoms with Gasteiger partial charge in [0.05, 0.1) is 32.6 Å². The van der Waals surface area contributed by atoms with Crippen LogP contribution < -0.4 is 28.6 Å². The van der Waals surface area contributed by atoms with Gasteiger partial charge in [-0.15, -0.1) is 0 Å². The van der Waals surface area contributed by atoms with Crippen molar-refractivity contribution in [2.24, 2.45) is 0 Å². The number of carbonyl (C=O) groups excluding carboxylic acids is 1. The molecule has 9 heteroatoms. The van der Waals surface area contributed by atoms with E-state index in [1.165, 1.54) is 0 Å². The van der Waals surface area contributed by atoms with Gasteiger partial charge in [-0.1, -0.05) is 0 Å². The van der Waals surface area contributed by atoms with Crippen molar-refractivity contribution in [2.75, 3.05) is 39.6 Å². The van der Waals surface area contributed by atoms with E-state index < -0.39 is 5.92 Å². The maximum Gasteiger partial charge on any atom is 0.337 e. The summed E-state index contributed by atoms with van der Waals surface area (Å²) < 4.78 is 33.7. The van der Waals surface area contributed by atoms with Gasteiger partial charge in [-0.3, -0.25) is 0 Å². The van der Waals surface area contributed by atoms with Gasteiger partial charge in [-0.25, -0.2) is 4.79 Å². The second kappa shape index (κ2) is 8.42. The molecule has 180 valence electrons. The number of benzene rings is 2. The highest BCUT2D eigenvalue weighted by Crippen LogP contribution is 2.53. The molecule has 4 heterocycles. The lowest BCUT2D eigenvalue weighted by Gasteiger charge is -2.36. The molecule has 2 aromatic carbocycles. The lowest BCUT2D eigenvalue weighted by molar-refractivity contribution is -0.136. The molecule has 0 amide bonds. The second-order valence-electron chi connectivity index (χ2n) is 8.31. The zero-order chi connectivity index (χ0) is 24.1. The number of ether oxygens (including phenoxy) is 6. The Morgan fingerprint density at radius 1 is 1.00 bits per heavy atom. The predicted octanol–water partition coefficient (Wildman–Crippen LogP) is 4.47. The molecule has 0 fully saturated rings. The molecule has 0 N–H and O–H groups in total. The summed E-state index contributed by atoms with van der Waals surface area (Å²) in [5, 5.41) is 4.15. The third-order valence-corrected chi connectivity index (χ3v) is 7.28. The summed E-state index contributed by atoms with van der Waals surface area (Å²) in [4.78, 5) is 15.3. The van der Waals surface area contributed by atoms with E-state index in [9.17, 15) is 4.79 Å². The van der Waals surface area contributed by atoms with E-state index in [1.807, 2.05) is 29.6 Å². The number of esters is 1. The first kappa shape index (κ1) is 21.7. The number of hydrogen-bond donors (Lipinski definition) is 0. The number of methoxy groups -OCH3 is 3. The lowest BCUT2D eigenvalue weighted by atomic mass is 9.80. The first-order valence-electron chi connectivity index (χ1n) is 11.0. The molecule has 0 aliphatic carbocycles. The third kappa shape index (κ3) is 3.37. The van der Waals surface area contributed by atoms with E-state index >= 15 is 0 Å². The fourth-order valence-corrected chi connectivity index (χ4v) is 5.65. The van der Waals surface area contributed by atoms with E-state index in [0.717, 1.165) is 28.1 Å². The van der Waals surface area contributed by atoms with Crippen molar-refractivity contribution >= 4 is 23.0 Å². The van der Waals surface area contributed by atoms with E-state index in [1.54, 1.807) is 32.7 Å². The number of anilines is 1. The maximum absolute atomic E-state index is 13.2. The van der Waals surface area contributed by atoms with Crippen molar-refractivity contribution in [3.05, 3.63) is 69.1 Å². The summed E-state index contributed by atoms with van der Waals surface area (Å²) in [6.45, 7) is 0.966. The second-order valence-corrected chi connectivity index (χ2v) is 9.09. The Bertz CT molecular complexity index is 1320. The van der Waals surface area contributed by atoms with Crippen LogP contribution >= 0.6 is 11.3 Å². The third-order valence-electron chi connectivity index (χ3n) is 6.55. The van der Waals surface area contributed by atoms with Gasteiger partial charge in [0, 0.05) is 24.2 Å². The standard InChI is InChI=1S/C26H23NO7S/c1-29-21-6-15(7-22(30-2)25(21)31-3)23-16-8-19-20(34-13-33-19)9-17(16)27(10-14-4-5-35-12-14)18-11-32-26(28)24(18)23/h4-9,12,23H,10-11,13H2,1-3H3. The Morgan fingerprint density at radius 2 is 1.74 bits per heavy atom. The molecule has 0 spiro atoms. The van der Waals surface area contributed by atoms with Gasteiger partial charge in [0.1, 0.15) is 6.61 Å². The molecule has 0 radical (unpaired) electrons. The molecule has 1 aromatic heterocycles. The summed E-state index contributed by atoms with van der Waals surface area (Å²) >= 11 is 1.64. The molecule has 0 bridgehead atoms. The smallest absolute Gasteiger partial charge is 0.337 e. The van der Waals surface area contributed by atoms with Gasteiger partial charge in [0.15, 0.2) is 23.0 Å². The molecule has 3 aliphatic rings. The van der Waals surface area contributed by atoms with Crippen molar-refractivity contribution in [2.45, 2.75) is 12.5 Å². The topological polar surface area (TPSA) is 75.7 Å². The van der Waals surface area contributed by atoms with E-state index in [4.69, 9.17) is 28.4 Å². The van der Waals surface area contributed by atoms with Gasteiger partial charge >= 0.3 is 5.97 Å². The summed E-state index contributed by atoms with van der Waals surface area (Å²) in [5.74, 6) is 2.08. The van der Waals surface area contributed by atoms with E-state index in [0.29, 0.717) is 40.9 Å². The van der Waals surface area contributed by atoms with Crippen LogP contribution in [-0.2, 0) is 16.1 Å². The van der Waals surface area contributed by atoms with Crippen LogP contribution in [0.3, 0.4) is 0 Å². The van der Waals surface area contributed by atoms with Gasteiger partial charge in [-0.05, 0) is 51.7 Å². The molecule has 3 aliphatic heterocycles. The van der Waals surface area contributed by atoms with Crippen LogP contribution in [0.2, 0.25) is 0 Å². The summed E-state index contributed by atoms with van der Waals surface area (Å²) in [5.41, 5.74) is 5.26. The van der Waals surface area contributed by atoms with Gasteiger partial charge in [-0.2, -0.15) is 11.3 Å². The molecule has 35 heavy (non-hydrogen) atoms. The summed E-state index contributed by atoms with van der Waals surface area (Å²) in [6, 6.07) is 9.79. The Balaban J connectivity index is 1.59. The van der Waals surface area contributed by atoms with Crippen LogP contribution in [0.15, 0.2) is 52.4 Å². The van der Waals surface area contributed by atoms with Crippen LogP contribution in [0.4, 0.5) is 5.69 Å². The van der Waals surface area contributed by atoms with E-state index in [-0.39, 0.29) is 19.4 Å². The quantitative estimate of drug-likeness (QED) is 0.466. The zero-order valence-electron chi connectivity index (χ0n) is 19.5. The Kier molecular flexibility index (Phi) is 5.21. The Labute approximate surface area is 206 Å². The largest absolute Gasteiger partial charge is 0.493 e. The van der Waals surface area contributed by atoms with Gasteiger partial charge in [0.25, 0.3) is 0 Å². The van der Waals surface area contributed by atoms with Crippen LogP contribution in [0.5, 0.6) is 28.7 Å². The normalized spacial score (nSPS) is 17.7. The average Bonchev–Trinajstić information content (AvgIpc) is 3.64. The van der Waals surface area contributed by atoms with Crippen molar-refractivity contribution in [1.82, 2.24) is 0 Å². The fraction of sp³-hybridized carbons (Fsp3) is 0.269. The molecular weight excluding hydrogens is 470 g/mol. The molecule has 1 atom stereocenters. The van der Waals surface area contributed by atoms with Crippen LogP contribution in [0, 0.1) is 0 Å². The van der Waals surface area contributed by atoms with Crippen LogP contribution in [0.1, 0.15) is 22.6 Å². The Morgan fingerprint density at radius 3 is 2.40 bits per heavy atom. The highest BCUT2D eigenvalue weighted by Gasteiger charge is 2.43. The number of thiophene rings is 1. The van der Waals surface area contributed by atoms with Crippen LogP contribution in [-0.4, -0.2) is 40.7 Å². The lowest BCUT2D eigenvalue weighted by Crippen LogP contribution is -2.30. The Hall–Kier alpha value is -3.85. The monoisotopic (exact) mass is 493 g/mol. The molecule has 3 aromatic rings. The summed E-state index contributed by atoms with van der Waals surface area (Å²) in [7, 11) is 4.71. The predicted molar refractivity (Wildman–Crippen MR) is 129 cm³/mol. The number of fused-ring (bicyclic) bond motifs is 2. The molecule has 8 nitrogen and oxygen atoms in total. The number of carbonyl (C=O) groups is 1.